The predicted octanol–water partition coefficient (Wildman–Crippen LogP) is 3.02. The fraction of sp³-hybridized carbons (Fsp3) is 0.400. The SMILES string of the molecule is COc1cc(C(=O)N2CCC(NC(=O)Nc3ccccc3)CC2)ccc1OCC(=O)NC(C)C. The molecule has 0 bridgehead atoms. The molecule has 1 aliphatic rings. The van der Waals surface area contributed by atoms with Crippen molar-refractivity contribution < 1.29 is 23.9 Å². The minimum absolute atomic E-state index is 0.00457. The van der Waals surface area contributed by atoms with Gasteiger partial charge in [0.2, 0.25) is 0 Å². The first-order chi connectivity index (χ1) is 16.4. The van der Waals surface area contributed by atoms with Gasteiger partial charge < -0.3 is 30.3 Å². The lowest BCUT2D eigenvalue weighted by molar-refractivity contribution is -0.123. The number of piperidine rings is 1. The molecule has 1 aliphatic heterocycles. The number of para-hydroxylation sites is 1. The number of carbonyl (C=O) groups excluding carboxylic acids is 3. The Labute approximate surface area is 199 Å². The molecular formula is C25H32N4O5. The molecule has 1 saturated heterocycles. The van der Waals surface area contributed by atoms with Crippen molar-refractivity contribution >= 4 is 23.5 Å². The number of nitrogens with zero attached hydrogens (tertiary/aromatic N) is 1. The number of benzene rings is 2. The molecule has 2 aromatic rings. The van der Waals surface area contributed by atoms with Crippen molar-refractivity contribution in [3.63, 3.8) is 0 Å². The zero-order chi connectivity index (χ0) is 24.5. The number of ether oxygens (including phenoxy) is 2. The number of nitrogens with one attached hydrogen (secondary N) is 3. The number of methoxy groups -OCH3 is 1. The summed E-state index contributed by atoms with van der Waals surface area (Å²) in [6.07, 6.45) is 1.33. The Morgan fingerprint density at radius 3 is 2.38 bits per heavy atom. The molecule has 34 heavy (non-hydrogen) atoms. The number of urea groups is 1. The number of hydrogen-bond donors (Lipinski definition) is 3. The van der Waals surface area contributed by atoms with Crippen LogP contribution in [-0.2, 0) is 4.79 Å². The largest absolute Gasteiger partial charge is 0.493 e. The lowest BCUT2D eigenvalue weighted by Crippen LogP contribution is -2.47. The Balaban J connectivity index is 1.51. The minimum atomic E-state index is -0.252. The van der Waals surface area contributed by atoms with Gasteiger partial charge in [-0.2, -0.15) is 0 Å². The summed E-state index contributed by atoms with van der Waals surface area (Å²) >= 11 is 0. The van der Waals surface area contributed by atoms with E-state index in [-0.39, 0.29) is 36.5 Å². The van der Waals surface area contributed by atoms with E-state index < -0.39 is 0 Å². The maximum atomic E-state index is 13.0. The van der Waals surface area contributed by atoms with Gasteiger partial charge in [0, 0.05) is 36.4 Å². The molecule has 9 heteroatoms. The van der Waals surface area contributed by atoms with Gasteiger partial charge >= 0.3 is 6.03 Å². The van der Waals surface area contributed by atoms with Gasteiger partial charge in [0.05, 0.1) is 7.11 Å². The van der Waals surface area contributed by atoms with Crippen LogP contribution < -0.4 is 25.4 Å². The molecule has 0 saturated carbocycles. The number of amides is 4. The summed E-state index contributed by atoms with van der Waals surface area (Å²) in [5.41, 5.74) is 1.21. The highest BCUT2D eigenvalue weighted by Crippen LogP contribution is 2.29. The number of rotatable bonds is 8. The quantitative estimate of drug-likeness (QED) is 0.552. The Bertz CT molecular complexity index is 988. The van der Waals surface area contributed by atoms with Crippen LogP contribution in [0.4, 0.5) is 10.5 Å². The third kappa shape index (κ3) is 7.13. The molecule has 4 amide bonds. The number of carbonyl (C=O) groups is 3. The molecule has 9 nitrogen and oxygen atoms in total. The van der Waals surface area contributed by atoms with Crippen molar-refractivity contribution in [2.24, 2.45) is 0 Å². The molecule has 0 atom stereocenters. The Hall–Kier alpha value is -3.75. The Morgan fingerprint density at radius 2 is 1.74 bits per heavy atom. The summed E-state index contributed by atoms with van der Waals surface area (Å²) in [5, 5.41) is 8.54. The van der Waals surface area contributed by atoms with Crippen LogP contribution in [0.2, 0.25) is 0 Å². The molecule has 0 unspecified atom stereocenters. The highest BCUT2D eigenvalue weighted by atomic mass is 16.5. The predicted molar refractivity (Wildman–Crippen MR) is 129 cm³/mol. The van der Waals surface area contributed by atoms with Crippen molar-refractivity contribution in [2.45, 2.75) is 38.8 Å². The smallest absolute Gasteiger partial charge is 0.319 e. The fourth-order valence-electron chi connectivity index (χ4n) is 3.71. The van der Waals surface area contributed by atoms with E-state index in [1.807, 2.05) is 44.2 Å². The van der Waals surface area contributed by atoms with E-state index in [1.54, 1.807) is 23.1 Å². The highest BCUT2D eigenvalue weighted by Gasteiger charge is 2.25. The number of likely N-dealkylation sites (tertiary alicyclic amines) is 1. The zero-order valence-electron chi connectivity index (χ0n) is 19.8. The summed E-state index contributed by atoms with van der Waals surface area (Å²) in [7, 11) is 1.49. The summed E-state index contributed by atoms with van der Waals surface area (Å²) in [4.78, 5) is 38.8. The van der Waals surface area contributed by atoms with Crippen molar-refractivity contribution in [1.29, 1.82) is 0 Å². The minimum Gasteiger partial charge on any atom is -0.493 e. The van der Waals surface area contributed by atoms with E-state index >= 15 is 0 Å². The Morgan fingerprint density at radius 1 is 1.03 bits per heavy atom. The molecule has 182 valence electrons. The van der Waals surface area contributed by atoms with Crippen LogP contribution in [-0.4, -0.2) is 61.6 Å². The number of hydrogen-bond acceptors (Lipinski definition) is 5. The van der Waals surface area contributed by atoms with Gasteiger partial charge in [-0.15, -0.1) is 0 Å². The van der Waals surface area contributed by atoms with E-state index in [0.29, 0.717) is 43.0 Å². The second kappa shape index (κ2) is 11.9. The summed E-state index contributed by atoms with van der Waals surface area (Å²) in [5.74, 6) is 0.434. The normalized spacial score (nSPS) is 13.8. The highest BCUT2D eigenvalue weighted by molar-refractivity contribution is 5.95. The molecule has 2 aromatic carbocycles. The second-order valence-corrected chi connectivity index (χ2v) is 8.41. The summed E-state index contributed by atoms with van der Waals surface area (Å²) in [6.45, 7) is 4.67. The van der Waals surface area contributed by atoms with Crippen molar-refractivity contribution in [2.75, 3.05) is 32.1 Å². The first kappa shape index (κ1) is 24.9. The van der Waals surface area contributed by atoms with Gasteiger partial charge in [-0.25, -0.2) is 4.79 Å². The van der Waals surface area contributed by atoms with E-state index in [1.165, 1.54) is 7.11 Å². The van der Waals surface area contributed by atoms with Crippen LogP contribution in [0.1, 0.15) is 37.0 Å². The van der Waals surface area contributed by atoms with Gasteiger partial charge in [-0.05, 0) is 57.0 Å². The standard InChI is InChI=1S/C25H32N4O5/c1-17(2)26-23(30)16-34-21-10-9-18(15-22(21)33-3)24(31)29-13-11-20(12-14-29)28-25(32)27-19-7-5-4-6-8-19/h4-10,15,17,20H,11-14,16H2,1-3H3,(H,26,30)(H2,27,28,32). The average Bonchev–Trinajstić information content (AvgIpc) is 2.83. The molecular weight excluding hydrogens is 436 g/mol. The maximum Gasteiger partial charge on any atom is 0.319 e. The third-order valence-corrected chi connectivity index (χ3v) is 5.37. The lowest BCUT2D eigenvalue weighted by atomic mass is 10.0. The fourth-order valence-corrected chi connectivity index (χ4v) is 3.71. The second-order valence-electron chi connectivity index (χ2n) is 8.41. The van der Waals surface area contributed by atoms with Crippen LogP contribution >= 0.6 is 0 Å². The van der Waals surface area contributed by atoms with Gasteiger partial charge in [0.15, 0.2) is 18.1 Å². The monoisotopic (exact) mass is 468 g/mol. The van der Waals surface area contributed by atoms with Gasteiger partial charge in [0.1, 0.15) is 0 Å². The topological polar surface area (TPSA) is 109 Å². The van der Waals surface area contributed by atoms with Crippen LogP contribution in [0, 0.1) is 0 Å². The molecule has 0 aliphatic carbocycles. The van der Waals surface area contributed by atoms with Gasteiger partial charge in [0.25, 0.3) is 11.8 Å². The molecule has 1 fully saturated rings. The molecule has 0 radical (unpaired) electrons. The first-order valence-corrected chi connectivity index (χ1v) is 11.4. The third-order valence-electron chi connectivity index (χ3n) is 5.37. The van der Waals surface area contributed by atoms with E-state index in [0.717, 1.165) is 5.69 Å². The van der Waals surface area contributed by atoms with Crippen LogP contribution in [0.25, 0.3) is 0 Å². The van der Waals surface area contributed by atoms with Crippen LogP contribution in [0.3, 0.4) is 0 Å². The van der Waals surface area contributed by atoms with Crippen molar-refractivity contribution in [3.05, 3.63) is 54.1 Å². The van der Waals surface area contributed by atoms with E-state index in [9.17, 15) is 14.4 Å². The first-order valence-electron chi connectivity index (χ1n) is 11.4. The molecule has 1 heterocycles. The molecule has 3 N–H and O–H groups in total. The Kier molecular flexibility index (Phi) is 8.73. The molecule has 0 aromatic heterocycles. The molecule has 0 spiro atoms. The van der Waals surface area contributed by atoms with Gasteiger partial charge in [-0.3, -0.25) is 9.59 Å². The van der Waals surface area contributed by atoms with E-state index in [2.05, 4.69) is 16.0 Å². The van der Waals surface area contributed by atoms with Crippen LogP contribution in [0.15, 0.2) is 48.5 Å². The summed E-state index contributed by atoms with van der Waals surface area (Å²) < 4.78 is 10.9. The van der Waals surface area contributed by atoms with Crippen molar-refractivity contribution in [3.8, 4) is 11.5 Å². The van der Waals surface area contributed by atoms with Gasteiger partial charge in [-0.1, -0.05) is 18.2 Å². The van der Waals surface area contributed by atoms with Crippen LogP contribution in [0.5, 0.6) is 11.5 Å². The summed E-state index contributed by atoms with van der Waals surface area (Å²) in [6, 6.07) is 13.9. The zero-order valence-corrected chi connectivity index (χ0v) is 19.8. The maximum absolute atomic E-state index is 13.0. The lowest BCUT2D eigenvalue weighted by Gasteiger charge is -2.32. The molecule has 3 rings (SSSR count). The van der Waals surface area contributed by atoms with E-state index in [4.69, 9.17) is 9.47 Å². The average molecular weight is 469 g/mol. The number of anilines is 1. The van der Waals surface area contributed by atoms with Crippen molar-refractivity contribution in [1.82, 2.24) is 15.5 Å².